The molecule has 2 heterocycles. The van der Waals surface area contributed by atoms with Crippen LogP contribution in [0.4, 0.5) is 13.2 Å². The number of nitrogens with zero attached hydrogens (tertiary/aromatic N) is 3. The van der Waals surface area contributed by atoms with Crippen molar-refractivity contribution >= 4 is 5.91 Å². The molecular weight excluding hydrogens is 339 g/mol. The lowest BCUT2D eigenvalue weighted by Crippen LogP contribution is -2.49. The minimum absolute atomic E-state index is 0.0111. The summed E-state index contributed by atoms with van der Waals surface area (Å²) >= 11 is 0. The summed E-state index contributed by atoms with van der Waals surface area (Å²) in [5.41, 5.74) is -0.707. The van der Waals surface area contributed by atoms with Gasteiger partial charge in [0.1, 0.15) is 5.69 Å². The molecule has 0 aromatic carbocycles. The predicted octanol–water partition coefficient (Wildman–Crippen LogP) is 1.18. The Morgan fingerprint density at radius 2 is 1.92 bits per heavy atom. The van der Waals surface area contributed by atoms with E-state index in [2.05, 4.69) is 9.88 Å². The second-order valence-corrected chi connectivity index (χ2v) is 5.80. The third-order valence-corrected chi connectivity index (χ3v) is 4.05. The van der Waals surface area contributed by atoms with E-state index in [0.29, 0.717) is 45.9 Å². The first kappa shape index (κ1) is 19.6. The molecule has 6 nitrogen and oxygen atoms in total. The maximum Gasteiger partial charge on any atom is 0.433 e. The number of piperazine rings is 1. The first-order valence-corrected chi connectivity index (χ1v) is 8.08. The average Bonchev–Trinajstić information content (AvgIpc) is 2.58. The van der Waals surface area contributed by atoms with Gasteiger partial charge in [-0.25, -0.2) is 4.98 Å². The molecule has 1 fully saturated rings. The molecule has 1 aliphatic rings. The molecule has 0 atom stereocenters. The van der Waals surface area contributed by atoms with Crippen LogP contribution < -0.4 is 0 Å². The number of amides is 1. The van der Waals surface area contributed by atoms with Crippen molar-refractivity contribution in [3.8, 4) is 0 Å². The zero-order valence-electron chi connectivity index (χ0n) is 14.1. The van der Waals surface area contributed by atoms with Crippen molar-refractivity contribution in [2.75, 3.05) is 52.5 Å². The van der Waals surface area contributed by atoms with Gasteiger partial charge in [0.05, 0.1) is 31.1 Å². The Morgan fingerprint density at radius 3 is 2.48 bits per heavy atom. The highest BCUT2D eigenvalue weighted by molar-refractivity contribution is 5.95. The molecule has 1 N–H and O–H groups in total. The summed E-state index contributed by atoms with van der Waals surface area (Å²) in [6.07, 6.45) is -4.52. The van der Waals surface area contributed by atoms with Crippen molar-refractivity contribution in [2.45, 2.75) is 13.1 Å². The Labute approximate surface area is 144 Å². The number of ether oxygens (including phenoxy) is 1. The van der Waals surface area contributed by atoms with Crippen molar-refractivity contribution in [1.82, 2.24) is 14.8 Å². The maximum absolute atomic E-state index is 12.7. The molecule has 0 aliphatic carbocycles. The average molecular weight is 361 g/mol. The molecule has 2 rings (SSSR count). The quantitative estimate of drug-likeness (QED) is 0.771. The summed E-state index contributed by atoms with van der Waals surface area (Å²) in [6, 6.07) is 2.04. The van der Waals surface area contributed by atoms with Gasteiger partial charge in [-0.15, -0.1) is 0 Å². The number of alkyl halides is 3. The smallest absolute Gasteiger partial charge is 0.394 e. The van der Waals surface area contributed by atoms with Gasteiger partial charge in [-0.3, -0.25) is 9.69 Å². The number of aliphatic hydroxyl groups is 1. The predicted molar refractivity (Wildman–Crippen MR) is 84.2 cm³/mol. The molecule has 0 bridgehead atoms. The lowest BCUT2D eigenvalue weighted by molar-refractivity contribution is -0.141. The summed E-state index contributed by atoms with van der Waals surface area (Å²) in [6.45, 7) is 5.26. The fraction of sp³-hybridized carbons (Fsp3) is 0.625. The normalized spacial score (nSPS) is 16.3. The topological polar surface area (TPSA) is 65.9 Å². The molecule has 1 aliphatic heterocycles. The Kier molecular flexibility index (Phi) is 6.74. The van der Waals surface area contributed by atoms with Crippen LogP contribution in [0.5, 0.6) is 0 Å². The van der Waals surface area contributed by atoms with Crippen LogP contribution in [0, 0.1) is 6.92 Å². The number of halogens is 3. The molecular formula is C16H22F3N3O3. The van der Waals surface area contributed by atoms with E-state index in [-0.39, 0.29) is 23.8 Å². The number of aryl methyl sites for hydroxylation is 1. The van der Waals surface area contributed by atoms with Gasteiger partial charge in [-0.1, -0.05) is 0 Å². The van der Waals surface area contributed by atoms with Crippen LogP contribution in [0.25, 0.3) is 0 Å². The van der Waals surface area contributed by atoms with Crippen molar-refractivity contribution < 1.29 is 27.8 Å². The second-order valence-electron chi connectivity index (χ2n) is 5.80. The third-order valence-electron chi connectivity index (χ3n) is 4.05. The van der Waals surface area contributed by atoms with Gasteiger partial charge in [0.2, 0.25) is 0 Å². The molecule has 0 radical (unpaired) electrons. The summed E-state index contributed by atoms with van der Waals surface area (Å²) in [5, 5.41) is 8.64. The maximum atomic E-state index is 12.7. The van der Waals surface area contributed by atoms with Crippen LogP contribution in [0.1, 0.15) is 21.7 Å². The van der Waals surface area contributed by atoms with Gasteiger partial charge >= 0.3 is 6.18 Å². The SMILES string of the molecule is Cc1nc(C(F)(F)F)ccc1C(=O)N1CCN(CCOCCO)CC1. The van der Waals surface area contributed by atoms with Crippen LogP contribution in [-0.4, -0.2) is 78.3 Å². The molecule has 1 amide bonds. The van der Waals surface area contributed by atoms with Crippen molar-refractivity contribution in [3.63, 3.8) is 0 Å². The third kappa shape index (κ3) is 5.38. The number of hydrogen-bond donors (Lipinski definition) is 1. The van der Waals surface area contributed by atoms with Crippen molar-refractivity contribution in [1.29, 1.82) is 0 Å². The van der Waals surface area contributed by atoms with Gasteiger partial charge in [0, 0.05) is 32.7 Å². The van der Waals surface area contributed by atoms with E-state index in [1.807, 2.05) is 0 Å². The Hall–Kier alpha value is -1.71. The summed E-state index contributed by atoms with van der Waals surface area (Å²) < 4.78 is 43.2. The van der Waals surface area contributed by atoms with Gasteiger partial charge < -0.3 is 14.7 Å². The number of aromatic nitrogens is 1. The highest BCUT2D eigenvalue weighted by Gasteiger charge is 2.33. The molecule has 0 saturated carbocycles. The second kappa shape index (κ2) is 8.59. The Morgan fingerprint density at radius 1 is 1.24 bits per heavy atom. The van der Waals surface area contributed by atoms with Gasteiger partial charge in [-0.2, -0.15) is 13.2 Å². The molecule has 0 spiro atoms. The fourth-order valence-corrected chi connectivity index (χ4v) is 2.65. The summed E-state index contributed by atoms with van der Waals surface area (Å²) in [7, 11) is 0. The van der Waals surface area contributed by atoms with E-state index >= 15 is 0 Å². The first-order chi connectivity index (χ1) is 11.8. The minimum Gasteiger partial charge on any atom is -0.394 e. The zero-order chi connectivity index (χ0) is 18.4. The monoisotopic (exact) mass is 361 g/mol. The molecule has 25 heavy (non-hydrogen) atoms. The number of hydrogen-bond acceptors (Lipinski definition) is 5. The lowest BCUT2D eigenvalue weighted by atomic mass is 10.1. The number of aliphatic hydroxyl groups excluding tert-OH is 1. The summed E-state index contributed by atoms with van der Waals surface area (Å²) in [4.78, 5) is 19.8. The van der Waals surface area contributed by atoms with Crippen molar-refractivity contribution in [3.05, 3.63) is 29.1 Å². The van der Waals surface area contributed by atoms with E-state index in [0.717, 1.165) is 6.07 Å². The first-order valence-electron chi connectivity index (χ1n) is 8.08. The number of rotatable bonds is 6. The lowest BCUT2D eigenvalue weighted by Gasteiger charge is -2.34. The fourth-order valence-electron chi connectivity index (χ4n) is 2.65. The van der Waals surface area contributed by atoms with E-state index < -0.39 is 11.9 Å². The van der Waals surface area contributed by atoms with Crippen LogP contribution in [-0.2, 0) is 10.9 Å². The van der Waals surface area contributed by atoms with Gasteiger partial charge in [0.15, 0.2) is 0 Å². The number of carbonyl (C=O) groups excluding carboxylic acids is 1. The Bertz CT molecular complexity index is 588. The zero-order valence-corrected chi connectivity index (χ0v) is 14.1. The van der Waals surface area contributed by atoms with Gasteiger partial charge in [-0.05, 0) is 19.1 Å². The van der Waals surface area contributed by atoms with E-state index in [9.17, 15) is 18.0 Å². The molecule has 1 aromatic heterocycles. The van der Waals surface area contributed by atoms with Crippen molar-refractivity contribution in [2.24, 2.45) is 0 Å². The highest BCUT2D eigenvalue weighted by Crippen LogP contribution is 2.28. The molecule has 9 heteroatoms. The largest absolute Gasteiger partial charge is 0.433 e. The van der Waals surface area contributed by atoms with E-state index in [1.165, 1.54) is 13.0 Å². The van der Waals surface area contributed by atoms with E-state index in [1.54, 1.807) is 4.90 Å². The Balaban J connectivity index is 1.90. The molecule has 1 saturated heterocycles. The molecule has 0 unspecified atom stereocenters. The van der Waals surface area contributed by atoms with Gasteiger partial charge in [0.25, 0.3) is 5.91 Å². The van der Waals surface area contributed by atoms with E-state index in [4.69, 9.17) is 9.84 Å². The van der Waals surface area contributed by atoms with Crippen LogP contribution >= 0.6 is 0 Å². The van der Waals surface area contributed by atoms with Crippen LogP contribution in [0.15, 0.2) is 12.1 Å². The number of pyridine rings is 1. The number of carbonyl (C=O) groups is 1. The van der Waals surface area contributed by atoms with Crippen LogP contribution in [0.3, 0.4) is 0 Å². The molecule has 1 aromatic rings. The van der Waals surface area contributed by atoms with Crippen LogP contribution in [0.2, 0.25) is 0 Å². The minimum atomic E-state index is -4.52. The standard InChI is InChI=1S/C16H22F3N3O3/c1-12-13(2-3-14(20-12)16(17,18)19)15(24)22-6-4-21(5-7-22)8-10-25-11-9-23/h2-3,23H,4-11H2,1H3. The molecule has 140 valence electrons. The highest BCUT2D eigenvalue weighted by atomic mass is 19.4. The summed E-state index contributed by atoms with van der Waals surface area (Å²) in [5.74, 6) is -0.296.